The highest BCUT2D eigenvalue weighted by Gasteiger charge is 2.46. The van der Waals surface area contributed by atoms with Crippen LogP contribution in [0.4, 0.5) is 0 Å². The Kier molecular flexibility index (Phi) is 3.39. The number of nitrogens with two attached hydrogens (primary N) is 1. The van der Waals surface area contributed by atoms with E-state index in [-0.39, 0.29) is 11.6 Å². The van der Waals surface area contributed by atoms with E-state index in [0.29, 0.717) is 5.41 Å². The minimum atomic E-state index is -0.0837. The van der Waals surface area contributed by atoms with Crippen molar-refractivity contribution in [1.82, 2.24) is 0 Å². The van der Waals surface area contributed by atoms with Gasteiger partial charge in [0.2, 0.25) is 0 Å². The summed E-state index contributed by atoms with van der Waals surface area (Å²) in [4.78, 5) is 0. The van der Waals surface area contributed by atoms with Crippen molar-refractivity contribution in [2.45, 2.75) is 38.3 Å². The number of fused-ring (bicyclic) bond motifs is 1. The van der Waals surface area contributed by atoms with Crippen molar-refractivity contribution in [3.63, 3.8) is 0 Å². The summed E-state index contributed by atoms with van der Waals surface area (Å²) in [6.07, 6.45) is 2.02. The summed E-state index contributed by atoms with van der Waals surface area (Å²) in [5.74, 6) is 3.22. The third-order valence-corrected chi connectivity index (χ3v) is 6.16. The van der Waals surface area contributed by atoms with Crippen LogP contribution in [0.2, 0.25) is 0 Å². The van der Waals surface area contributed by atoms with Gasteiger partial charge in [-0.3, -0.25) is 0 Å². The normalized spacial score (nSPS) is 32.7. The standard InChI is InChI=1S/C15H20BrNOS/c1-14(2)7-15(9-19-8-14)6-12(17)11-4-3-10(16)5-13(11)18-15/h3-5,12H,6-9,17H2,1-2H3/t12-,15?/m1/s1. The molecule has 3 rings (SSSR count). The Morgan fingerprint density at radius 3 is 2.89 bits per heavy atom. The van der Waals surface area contributed by atoms with E-state index in [1.807, 2.05) is 17.8 Å². The Balaban J connectivity index is 1.95. The van der Waals surface area contributed by atoms with Crippen molar-refractivity contribution in [3.05, 3.63) is 28.2 Å². The summed E-state index contributed by atoms with van der Waals surface area (Å²) in [6, 6.07) is 6.27. The first-order valence-corrected chi connectivity index (χ1v) is 8.66. The molecule has 1 spiro atoms. The number of halogens is 1. The molecule has 1 saturated heterocycles. The topological polar surface area (TPSA) is 35.2 Å². The van der Waals surface area contributed by atoms with Crippen molar-refractivity contribution >= 4 is 27.7 Å². The summed E-state index contributed by atoms with van der Waals surface area (Å²) >= 11 is 5.52. The smallest absolute Gasteiger partial charge is 0.126 e. The fourth-order valence-corrected chi connectivity index (χ4v) is 5.12. The van der Waals surface area contributed by atoms with Crippen LogP contribution in [-0.2, 0) is 0 Å². The molecule has 2 heterocycles. The number of rotatable bonds is 0. The lowest BCUT2D eigenvalue weighted by Crippen LogP contribution is -2.51. The predicted octanol–water partition coefficient (Wildman–Crippen LogP) is 4.13. The molecule has 0 aromatic heterocycles. The van der Waals surface area contributed by atoms with Gasteiger partial charge in [0.25, 0.3) is 0 Å². The zero-order valence-electron chi connectivity index (χ0n) is 11.4. The second-order valence-corrected chi connectivity index (χ2v) is 8.51. The van der Waals surface area contributed by atoms with Crippen molar-refractivity contribution in [3.8, 4) is 5.75 Å². The molecular formula is C15H20BrNOS. The Hall–Kier alpha value is -0.190. The second-order valence-electron chi connectivity index (χ2n) is 6.61. The molecule has 0 saturated carbocycles. The Bertz CT molecular complexity index is 505. The molecule has 0 bridgehead atoms. The molecular weight excluding hydrogens is 322 g/mol. The predicted molar refractivity (Wildman–Crippen MR) is 84.8 cm³/mol. The third kappa shape index (κ3) is 2.67. The molecule has 19 heavy (non-hydrogen) atoms. The molecule has 1 fully saturated rings. The van der Waals surface area contributed by atoms with Gasteiger partial charge in [-0.25, -0.2) is 0 Å². The highest BCUT2D eigenvalue weighted by molar-refractivity contribution is 9.10. The lowest BCUT2D eigenvalue weighted by atomic mass is 9.76. The van der Waals surface area contributed by atoms with Crippen LogP contribution in [0, 0.1) is 5.41 Å². The molecule has 1 unspecified atom stereocenters. The Labute approximate surface area is 127 Å². The number of ether oxygens (including phenoxy) is 1. The maximum absolute atomic E-state index is 6.42. The molecule has 2 aliphatic heterocycles. The van der Waals surface area contributed by atoms with E-state index in [9.17, 15) is 0 Å². The van der Waals surface area contributed by atoms with Gasteiger partial charge in [0.15, 0.2) is 0 Å². The molecule has 2 nitrogen and oxygen atoms in total. The second kappa shape index (κ2) is 4.68. The van der Waals surface area contributed by atoms with E-state index in [0.717, 1.165) is 34.4 Å². The summed E-state index contributed by atoms with van der Waals surface area (Å²) in [5.41, 5.74) is 7.77. The maximum Gasteiger partial charge on any atom is 0.126 e. The number of hydrogen-bond donors (Lipinski definition) is 1. The SMILES string of the molecule is CC1(C)CSCC2(C[C@@H](N)c3ccc(Br)cc3O2)C1. The monoisotopic (exact) mass is 341 g/mol. The van der Waals surface area contributed by atoms with Gasteiger partial charge in [-0.15, -0.1) is 0 Å². The molecule has 2 atom stereocenters. The summed E-state index contributed by atoms with van der Waals surface area (Å²) in [6.45, 7) is 4.65. The number of thioether (sulfide) groups is 1. The van der Waals surface area contributed by atoms with Gasteiger partial charge < -0.3 is 10.5 Å². The fourth-order valence-electron chi connectivity index (χ4n) is 3.37. The van der Waals surface area contributed by atoms with Crippen LogP contribution in [0.15, 0.2) is 22.7 Å². The molecule has 0 radical (unpaired) electrons. The highest BCUT2D eigenvalue weighted by Crippen LogP contribution is 2.49. The van der Waals surface area contributed by atoms with Crippen LogP contribution in [0.1, 0.15) is 38.3 Å². The molecule has 104 valence electrons. The van der Waals surface area contributed by atoms with Crippen LogP contribution in [0.5, 0.6) is 5.75 Å². The van der Waals surface area contributed by atoms with Crippen LogP contribution in [-0.4, -0.2) is 17.1 Å². The average Bonchev–Trinajstić information content (AvgIpc) is 2.25. The Morgan fingerprint density at radius 1 is 1.37 bits per heavy atom. The van der Waals surface area contributed by atoms with E-state index < -0.39 is 0 Å². The largest absolute Gasteiger partial charge is 0.486 e. The zero-order valence-corrected chi connectivity index (χ0v) is 13.8. The van der Waals surface area contributed by atoms with Gasteiger partial charge in [-0.2, -0.15) is 11.8 Å². The first kappa shape index (κ1) is 13.8. The lowest BCUT2D eigenvalue weighted by molar-refractivity contribution is 0.0166. The van der Waals surface area contributed by atoms with Crippen molar-refractivity contribution in [2.24, 2.45) is 11.1 Å². The highest BCUT2D eigenvalue weighted by atomic mass is 79.9. The first-order chi connectivity index (χ1) is 8.89. The lowest BCUT2D eigenvalue weighted by Gasteiger charge is -2.48. The van der Waals surface area contributed by atoms with E-state index >= 15 is 0 Å². The molecule has 1 aromatic rings. The summed E-state index contributed by atoms with van der Waals surface area (Å²) in [7, 11) is 0. The van der Waals surface area contributed by atoms with Crippen molar-refractivity contribution in [2.75, 3.05) is 11.5 Å². The molecule has 0 aliphatic carbocycles. The molecule has 2 N–H and O–H groups in total. The van der Waals surface area contributed by atoms with Gasteiger partial charge in [0.1, 0.15) is 11.4 Å². The van der Waals surface area contributed by atoms with Crippen LogP contribution < -0.4 is 10.5 Å². The van der Waals surface area contributed by atoms with Gasteiger partial charge in [0, 0.05) is 28.3 Å². The van der Waals surface area contributed by atoms with E-state index in [2.05, 4.69) is 41.9 Å². The van der Waals surface area contributed by atoms with Crippen molar-refractivity contribution in [1.29, 1.82) is 0 Å². The van der Waals surface area contributed by atoms with Gasteiger partial charge >= 0.3 is 0 Å². The third-order valence-electron chi connectivity index (χ3n) is 3.95. The first-order valence-electron chi connectivity index (χ1n) is 6.71. The quantitative estimate of drug-likeness (QED) is 0.770. The molecule has 0 amide bonds. The molecule has 1 aromatic carbocycles. The van der Waals surface area contributed by atoms with Crippen LogP contribution in [0.3, 0.4) is 0 Å². The summed E-state index contributed by atoms with van der Waals surface area (Å²) < 4.78 is 7.47. The number of hydrogen-bond acceptors (Lipinski definition) is 3. The molecule has 2 aliphatic rings. The minimum Gasteiger partial charge on any atom is -0.486 e. The zero-order chi connectivity index (χ0) is 13.7. The van der Waals surface area contributed by atoms with Crippen molar-refractivity contribution < 1.29 is 4.74 Å². The maximum atomic E-state index is 6.42. The van der Waals surface area contributed by atoms with E-state index in [1.165, 1.54) is 5.75 Å². The van der Waals surface area contributed by atoms with E-state index in [1.54, 1.807) is 0 Å². The van der Waals surface area contributed by atoms with Gasteiger partial charge in [0.05, 0.1) is 0 Å². The van der Waals surface area contributed by atoms with Gasteiger partial charge in [-0.1, -0.05) is 35.8 Å². The van der Waals surface area contributed by atoms with E-state index in [4.69, 9.17) is 10.5 Å². The minimum absolute atomic E-state index is 0.0837. The Morgan fingerprint density at radius 2 is 2.16 bits per heavy atom. The van der Waals surface area contributed by atoms with Crippen LogP contribution >= 0.6 is 27.7 Å². The average molecular weight is 342 g/mol. The summed E-state index contributed by atoms with van der Waals surface area (Å²) in [5, 5.41) is 0. The molecule has 4 heteroatoms. The van der Waals surface area contributed by atoms with Crippen LogP contribution in [0.25, 0.3) is 0 Å². The fraction of sp³-hybridized carbons (Fsp3) is 0.600. The number of benzene rings is 1. The van der Waals surface area contributed by atoms with Gasteiger partial charge in [-0.05, 0) is 29.7 Å².